The van der Waals surface area contributed by atoms with E-state index in [9.17, 15) is 4.79 Å². The van der Waals surface area contributed by atoms with Crippen LogP contribution in [0.1, 0.15) is 5.56 Å². The summed E-state index contributed by atoms with van der Waals surface area (Å²) < 4.78 is 1.82. The number of thiophene rings is 1. The van der Waals surface area contributed by atoms with E-state index >= 15 is 0 Å². The van der Waals surface area contributed by atoms with Crippen molar-refractivity contribution in [1.82, 2.24) is 20.0 Å². The molecule has 0 spiro atoms. The van der Waals surface area contributed by atoms with Crippen LogP contribution in [0.25, 0.3) is 28.9 Å². The number of hydrogen-bond donors (Lipinski definition) is 2. The molecule has 1 aromatic carbocycles. The molecule has 0 saturated heterocycles. The van der Waals surface area contributed by atoms with Gasteiger partial charge in [-0.2, -0.15) is 5.10 Å². The summed E-state index contributed by atoms with van der Waals surface area (Å²) in [6.45, 7) is 3.85. The summed E-state index contributed by atoms with van der Waals surface area (Å²) >= 11 is 1.61. The molecule has 118 valence electrons. The molecule has 0 aliphatic rings. The van der Waals surface area contributed by atoms with Crippen molar-refractivity contribution in [1.29, 1.82) is 0 Å². The molecule has 3 heterocycles. The van der Waals surface area contributed by atoms with Gasteiger partial charge in [-0.1, -0.05) is 30.8 Å². The van der Waals surface area contributed by atoms with Gasteiger partial charge in [0.05, 0.1) is 21.1 Å². The van der Waals surface area contributed by atoms with Crippen molar-refractivity contribution in [2.45, 2.75) is 0 Å². The lowest BCUT2D eigenvalue weighted by Gasteiger charge is -1.99. The fourth-order valence-electron chi connectivity index (χ4n) is 2.52. The maximum Gasteiger partial charge on any atom is 0.271 e. The Bertz CT molecular complexity index is 1100. The van der Waals surface area contributed by atoms with E-state index in [1.54, 1.807) is 11.3 Å². The zero-order valence-electron chi connectivity index (χ0n) is 12.7. The van der Waals surface area contributed by atoms with Crippen LogP contribution >= 0.6 is 11.3 Å². The SMILES string of the molecule is C=c1[nH][nH]c(=O)/c1=C\c1cn(-c2ccccc2)nc1-c1cccs1. The highest BCUT2D eigenvalue weighted by atomic mass is 32.1. The molecule has 0 amide bonds. The average Bonchev–Trinajstić information content (AvgIpc) is 3.32. The molecule has 3 aromatic heterocycles. The molecule has 0 radical (unpaired) electrons. The van der Waals surface area contributed by atoms with Crippen molar-refractivity contribution in [2.75, 3.05) is 0 Å². The smallest absolute Gasteiger partial charge is 0.271 e. The maximum atomic E-state index is 11.9. The number of hydrogen-bond acceptors (Lipinski definition) is 3. The van der Waals surface area contributed by atoms with Crippen molar-refractivity contribution in [3.8, 4) is 16.3 Å². The van der Waals surface area contributed by atoms with E-state index in [0.717, 1.165) is 21.8 Å². The third-order valence-corrected chi connectivity index (χ3v) is 4.59. The third-order valence-electron chi connectivity index (χ3n) is 3.71. The molecule has 2 N–H and O–H groups in total. The first kappa shape index (κ1) is 14.5. The number of rotatable bonds is 3. The summed E-state index contributed by atoms with van der Waals surface area (Å²) in [6.07, 6.45) is 3.75. The van der Waals surface area contributed by atoms with E-state index in [1.165, 1.54) is 0 Å². The topological polar surface area (TPSA) is 66.5 Å². The molecule has 5 nitrogen and oxygen atoms in total. The number of benzene rings is 1. The van der Waals surface area contributed by atoms with Gasteiger partial charge in [0.25, 0.3) is 5.56 Å². The minimum absolute atomic E-state index is 0.190. The number of nitrogens with one attached hydrogen (secondary N) is 2. The molecule has 0 fully saturated rings. The van der Waals surface area contributed by atoms with Gasteiger partial charge in [0.1, 0.15) is 5.69 Å². The summed E-state index contributed by atoms with van der Waals surface area (Å²) in [6, 6.07) is 13.9. The number of aromatic nitrogens is 4. The first-order chi connectivity index (χ1) is 11.7. The summed E-state index contributed by atoms with van der Waals surface area (Å²) in [5.41, 5.74) is 2.49. The van der Waals surface area contributed by atoms with Crippen molar-refractivity contribution in [3.05, 3.63) is 80.5 Å². The van der Waals surface area contributed by atoms with Crippen LogP contribution in [-0.2, 0) is 0 Å². The van der Waals surface area contributed by atoms with Gasteiger partial charge in [-0.3, -0.25) is 15.0 Å². The molecular formula is C18H14N4OS. The Morgan fingerprint density at radius 1 is 1.12 bits per heavy atom. The van der Waals surface area contributed by atoms with Crippen LogP contribution < -0.4 is 16.1 Å². The Morgan fingerprint density at radius 3 is 2.62 bits per heavy atom. The lowest BCUT2D eigenvalue weighted by molar-refractivity contribution is 0.885. The average molecular weight is 334 g/mol. The van der Waals surface area contributed by atoms with Crippen LogP contribution in [0.15, 0.2) is 58.8 Å². The predicted octanol–water partition coefficient (Wildman–Crippen LogP) is 1.86. The van der Waals surface area contributed by atoms with Gasteiger partial charge in [-0.25, -0.2) is 4.68 Å². The van der Waals surface area contributed by atoms with Crippen molar-refractivity contribution in [2.24, 2.45) is 0 Å². The fraction of sp³-hybridized carbons (Fsp3) is 0. The molecule has 0 unspecified atom stereocenters. The maximum absolute atomic E-state index is 11.9. The van der Waals surface area contributed by atoms with Gasteiger partial charge in [0.15, 0.2) is 0 Å². The number of nitrogens with zero attached hydrogens (tertiary/aromatic N) is 2. The lowest BCUT2D eigenvalue weighted by atomic mass is 10.2. The Kier molecular flexibility index (Phi) is 3.51. The third kappa shape index (κ3) is 2.53. The standard InChI is InChI=1S/C18H14N4OS/c1-12-15(18(23)20-19-12)10-13-11-22(14-6-3-2-4-7-14)21-17(13)16-8-5-9-24-16/h2-11,19H,1H2,(H,20,23)/b15-10-. The van der Waals surface area contributed by atoms with Crippen LogP contribution in [0.5, 0.6) is 0 Å². The summed E-state index contributed by atoms with van der Waals surface area (Å²) in [5.74, 6) is 0. The van der Waals surface area contributed by atoms with Gasteiger partial charge in [-0.15, -0.1) is 11.3 Å². The summed E-state index contributed by atoms with van der Waals surface area (Å²) in [5, 5.41) is 13.1. The molecule has 0 saturated carbocycles. The van der Waals surface area contributed by atoms with Gasteiger partial charge in [-0.05, 0) is 29.7 Å². The Labute approximate surface area is 141 Å². The molecule has 0 atom stereocenters. The van der Waals surface area contributed by atoms with Crippen LogP contribution in [0.4, 0.5) is 0 Å². The van der Waals surface area contributed by atoms with E-state index in [1.807, 2.05) is 64.8 Å². The second-order valence-electron chi connectivity index (χ2n) is 5.31. The quantitative estimate of drug-likeness (QED) is 0.600. The van der Waals surface area contributed by atoms with Gasteiger partial charge in [0, 0.05) is 11.8 Å². The molecule has 24 heavy (non-hydrogen) atoms. The predicted molar refractivity (Wildman–Crippen MR) is 96.6 cm³/mol. The van der Waals surface area contributed by atoms with E-state index < -0.39 is 0 Å². The monoisotopic (exact) mass is 334 g/mol. The van der Waals surface area contributed by atoms with Gasteiger partial charge < -0.3 is 0 Å². The molecule has 4 aromatic rings. The molecule has 4 rings (SSSR count). The van der Waals surface area contributed by atoms with Crippen molar-refractivity contribution in [3.63, 3.8) is 0 Å². The highest BCUT2D eigenvalue weighted by Gasteiger charge is 2.12. The molecule has 0 aliphatic carbocycles. The zero-order chi connectivity index (χ0) is 16.5. The van der Waals surface area contributed by atoms with Gasteiger partial charge >= 0.3 is 0 Å². The lowest BCUT2D eigenvalue weighted by Crippen LogP contribution is -2.32. The Hall–Kier alpha value is -3.12. The Morgan fingerprint density at radius 2 is 1.96 bits per heavy atom. The normalized spacial score (nSPS) is 11.9. The van der Waals surface area contributed by atoms with E-state index in [4.69, 9.17) is 5.10 Å². The summed E-state index contributed by atoms with van der Waals surface area (Å²) in [4.78, 5) is 13.0. The molecule has 0 aliphatic heterocycles. The minimum atomic E-state index is -0.190. The highest BCUT2D eigenvalue weighted by molar-refractivity contribution is 7.13. The van der Waals surface area contributed by atoms with Gasteiger partial charge in [0.2, 0.25) is 0 Å². The largest absolute Gasteiger partial charge is 0.298 e. The second kappa shape index (κ2) is 5.82. The van der Waals surface area contributed by atoms with Crippen molar-refractivity contribution < 1.29 is 0 Å². The summed E-state index contributed by atoms with van der Waals surface area (Å²) in [7, 11) is 0. The number of para-hydroxylation sites is 1. The number of H-pyrrole nitrogens is 2. The molecular weight excluding hydrogens is 320 g/mol. The van der Waals surface area contributed by atoms with Crippen LogP contribution in [0.3, 0.4) is 0 Å². The minimum Gasteiger partial charge on any atom is -0.298 e. The van der Waals surface area contributed by atoms with Crippen LogP contribution in [0, 0.1) is 0 Å². The van der Waals surface area contributed by atoms with E-state index in [2.05, 4.69) is 16.8 Å². The van der Waals surface area contributed by atoms with Crippen molar-refractivity contribution >= 4 is 24.0 Å². The van der Waals surface area contributed by atoms with Crippen LogP contribution in [-0.4, -0.2) is 20.0 Å². The zero-order valence-corrected chi connectivity index (χ0v) is 13.5. The fourth-order valence-corrected chi connectivity index (χ4v) is 3.25. The van der Waals surface area contributed by atoms with E-state index in [0.29, 0.717) is 10.6 Å². The molecule has 6 heteroatoms. The molecule has 0 bridgehead atoms. The Balaban J connectivity index is 1.96. The van der Waals surface area contributed by atoms with E-state index in [-0.39, 0.29) is 5.56 Å². The first-order valence-electron chi connectivity index (χ1n) is 7.38. The van der Waals surface area contributed by atoms with Crippen LogP contribution in [0.2, 0.25) is 0 Å². The number of aromatic amines is 2. The highest BCUT2D eigenvalue weighted by Crippen LogP contribution is 2.28. The second-order valence-corrected chi connectivity index (χ2v) is 6.25. The first-order valence-corrected chi connectivity index (χ1v) is 8.26.